The number of hydrogen-bond donors (Lipinski definition) is 0. The van der Waals surface area contributed by atoms with Crippen LogP contribution in [0.5, 0.6) is 0 Å². The largest absolute Gasteiger partial charge is 0.272 e. The molecule has 0 fully saturated rings. The van der Waals surface area contributed by atoms with E-state index in [9.17, 15) is 4.79 Å². The Bertz CT molecular complexity index is 658. The van der Waals surface area contributed by atoms with Crippen LogP contribution in [0.2, 0.25) is 0 Å². The van der Waals surface area contributed by atoms with Crippen molar-refractivity contribution in [3.05, 3.63) is 45.7 Å². The van der Waals surface area contributed by atoms with E-state index >= 15 is 0 Å². The van der Waals surface area contributed by atoms with E-state index in [0.29, 0.717) is 6.42 Å². The third kappa shape index (κ3) is 5.22. The van der Waals surface area contributed by atoms with Crippen LogP contribution >= 0.6 is 11.3 Å². The molecule has 1 heterocycles. The molecule has 0 aliphatic carbocycles. The lowest BCUT2D eigenvalue weighted by Gasteiger charge is -2.01. The average Bonchev–Trinajstić information content (AvgIpc) is 2.84. The minimum absolute atomic E-state index is 0.114. The van der Waals surface area contributed by atoms with Crippen molar-refractivity contribution in [3.8, 4) is 0 Å². The van der Waals surface area contributed by atoms with Gasteiger partial charge in [0.15, 0.2) is 0 Å². The van der Waals surface area contributed by atoms with Crippen molar-refractivity contribution in [2.24, 2.45) is 4.99 Å². The predicted octanol–water partition coefficient (Wildman–Crippen LogP) is 3.50. The third-order valence-corrected chi connectivity index (χ3v) is 4.22. The van der Waals surface area contributed by atoms with Crippen molar-refractivity contribution in [1.29, 1.82) is 0 Å². The highest BCUT2D eigenvalue weighted by Crippen LogP contribution is 2.04. The molecule has 4 nitrogen and oxygen atoms in total. The standard InChI is InChI=1S/C17H23N3OS/c1-3-4-5-9-12-20-17(22-14(2)19-20)18-16(21)13-15-10-7-6-8-11-15/h6-8,10-11H,3-5,9,12-13H2,1-2H3. The summed E-state index contributed by atoms with van der Waals surface area (Å²) in [6, 6.07) is 9.72. The van der Waals surface area contributed by atoms with Gasteiger partial charge in [-0.3, -0.25) is 4.79 Å². The van der Waals surface area contributed by atoms with Crippen LogP contribution in [0.25, 0.3) is 0 Å². The molecule has 0 aliphatic rings. The van der Waals surface area contributed by atoms with Gasteiger partial charge in [-0.05, 0) is 18.9 Å². The second kappa shape index (κ2) is 8.63. The van der Waals surface area contributed by atoms with Gasteiger partial charge in [0.1, 0.15) is 5.01 Å². The quantitative estimate of drug-likeness (QED) is 0.734. The molecule has 2 aromatic rings. The Labute approximate surface area is 135 Å². The van der Waals surface area contributed by atoms with Crippen LogP contribution in [0.15, 0.2) is 35.3 Å². The zero-order valence-electron chi connectivity index (χ0n) is 13.3. The molecule has 0 spiro atoms. The minimum Gasteiger partial charge on any atom is -0.272 e. The lowest BCUT2D eigenvalue weighted by molar-refractivity contribution is -0.117. The molecule has 0 atom stereocenters. The smallest absolute Gasteiger partial charge is 0.252 e. The Balaban J connectivity index is 2.05. The Kier molecular flexibility index (Phi) is 6.52. The molecule has 1 aromatic carbocycles. The fourth-order valence-corrected chi connectivity index (χ4v) is 3.04. The Morgan fingerprint density at radius 1 is 1.23 bits per heavy atom. The van der Waals surface area contributed by atoms with Gasteiger partial charge in [0.2, 0.25) is 4.80 Å². The van der Waals surface area contributed by atoms with Crippen molar-refractivity contribution in [3.63, 3.8) is 0 Å². The molecule has 0 unspecified atom stereocenters. The zero-order valence-corrected chi connectivity index (χ0v) is 14.1. The van der Waals surface area contributed by atoms with Gasteiger partial charge < -0.3 is 0 Å². The van der Waals surface area contributed by atoms with Gasteiger partial charge in [-0.15, -0.1) is 0 Å². The number of aryl methyl sites for hydroxylation is 2. The second-order valence-electron chi connectivity index (χ2n) is 5.36. The first-order valence-electron chi connectivity index (χ1n) is 7.85. The highest BCUT2D eigenvalue weighted by Gasteiger charge is 2.05. The monoisotopic (exact) mass is 317 g/mol. The van der Waals surface area contributed by atoms with E-state index in [-0.39, 0.29) is 5.91 Å². The number of carbonyl (C=O) groups excluding carboxylic acids is 1. The lowest BCUT2D eigenvalue weighted by atomic mass is 10.1. The molecule has 22 heavy (non-hydrogen) atoms. The Hall–Kier alpha value is -1.75. The molecular formula is C17H23N3OS. The molecule has 1 amide bonds. The van der Waals surface area contributed by atoms with E-state index in [4.69, 9.17) is 0 Å². The lowest BCUT2D eigenvalue weighted by Crippen LogP contribution is -2.19. The molecule has 0 saturated carbocycles. The number of aromatic nitrogens is 2. The molecule has 0 N–H and O–H groups in total. The van der Waals surface area contributed by atoms with Crippen LogP contribution in [-0.4, -0.2) is 15.7 Å². The Morgan fingerprint density at radius 2 is 2.00 bits per heavy atom. The van der Waals surface area contributed by atoms with Gasteiger partial charge in [0, 0.05) is 6.54 Å². The van der Waals surface area contributed by atoms with Crippen LogP contribution in [0.3, 0.4) is 0 Å². The van der Waals surface area contributed by atoms with Crippen LogP contribution in [0.4, 0.5) is 0 Å². The summed E-state index contributed by atoms with van der Waals surface area (Å²) in [5, 5.41) is 5.40. The maximum atomic E-state index is 12.1. The number of nitrogens with zero attached hydrogens (tertiary/aromatic N) is 3. The van der Waals surface area contributed by atoms with Crippen LogP contribution in [0, 0.1) is 6.92 Å². The normalized spacial score (nSPS) is 11.8. The molecule has 0 radical (unpaired) electrons. The van der Waals surface area contributed by atoms with E-state index in [1.54, 1.807) is 0 Å². The minimum atomic E-state index is -0.114. The average molecular weight is 317 g/mol. The number of hydrogen-bond acceptors (Lipinski definition) is 3. The molecule has 0 aliphatic heterocycles. The van der Waals surface area contributed by atoms with E-state index in [2.05, 4.69) is 17.0 Å². The fourth-order valence-electron chi connectivity index (χ4n) is 2.25. The Morgan fingerprint density at radius 3 is 2.73 bits per heavy atom. The maximum absolute atomic E-state index is 12.1. The number of unbranched alkanes of at least 4 members (excludes halogenated alkanes) is 3. The van der Waals surface area contributed by atoms with Gasteiger partial charge in [0.25, 0.3) is 5.91 Å². The molecule has 118 valence electrons. The van der Waals surface area contributed by atoms with Gasteiger partial charge in [-0.1, -0.05) is 67.9 Å². The van der Waals surface area contributed by atoms with Crippen LogP contribution in [-0.2, 0) is 17.8 Å². The van der Waals surface area contributed by atoms with Crippen LogP contribution < -0.4 is 4.80 Å². The summed E-state index contributed by atoms with van der Waals surface area (Å²) in [6.07, 6.45) is 5.07. The van der Waals surface area contributed by atoms with Crippen molar-refractivity contribution in [2.75, 3.05) is 0 Å². The summed E-state index contributed by atoms with van der Waals surface area (Å²) in [5.74, 6) is -0.114. The highest BCUT2D eigenvalue weighted by atomic mass is 32.1. The van der Waals surface area contributed by atoms with Gasteiger partial charge in [-0.2, -0.15) is 10.1 Å². The summed E-state index contributed by atoms with van der Waals surface area (Å²) < 4.78 is 1.87. The van der Waals surface area contributed by atoms with Crippen molar-refractivity contribution < 1.29 is 4.79 Å². The zero-order chi connectivity index (χ0) is 15.8. The number of rotatable bonds is 7. The SMILES string of the molecule is CCCCCCn1nc(C)sc1=NC(=O)Cc1ccccc1. The molecule has 0 saturated heterocycles. The number of carbonyl (C=O) groups is 1. The fraction of sp³-hybridized carbons (Fsp3) is 0.471. The first-order valence-corrected chi connectivity index (χ1v) is 8.66. The summed E-state index contributed by atoms with van der Waals surface area (Å²) >= 11 is 1.48. The first kappa shape index (κ1) is 16.6. The summed E-state index contributed by atoms with van der Waals surface area (Å²) in [4.78, 5) is 17.1. The van der Waals surface area contributed by atoms with E-state index in [1.165, 1.54) is 30.6 Å². The number of benzene rings is 1. The predicted molar refractivity (Wildman–Crippen MR) is 89.7 cm³/mol. The summed E-state index contributed by atoms with van der Waals surface area (Å²) in [7, 11) is 0. The highest BCUT2D eigenvalue weighted by molar-refractivity contribution is 7.08. The summed E-state index contributed by atoms with van der Waals surface area (Å²) in [5.41, 5.74) is 0.993. The van der Waals surface area contributed by atoms with Crippen molar-refractivity contribution >= 4 is 17.2 Å². The number of amides is 1. The van der Waals surface area contributed by atoms with Crippen molar-refractivity contribution in [1.82, 2.24) is 9.78 Å². The van der Waals surface area contributed by atoms with Crippen molar-refractivity contribution in [2.45, 2.75) is 52.5 Å². The molecular weight excluding hydrogens is 294 g/mol. The third-order valence-electron chi connectivity index (χ3n) is 3.36. The first-order chi connectivity index (χ1) is 10.7. The van der Waals surface area contributed by atoms with E-state index < -0.39 is 0 Å². The molecule has 5 heteroatoms. The van der Waals surface area contributed by atoms with Gasteiger partial charge in [0.05, 0.1) is 6.42 Å². The molecule has 0 bridgehead atoms. The van der Waals surface area contributed by atoms with Gasteiger partial charge in [-0.25, -0.2) is 4.68 Å². The topological polar surface area (TPSA) is 47.2 Å². The molecule has 2 rings (SSSR count). The summed E-state index contributed by atoms with van der Waals surface area (Å²) in [6.45, 7) is 4.98. The van der Waals surface area contributed by atoms with Gasteiger partial charge >= 0.3 is 0 Å². The van der Waals surface area contributed by atoms with E-state index in [0.717, 1.165) is 28.3 Å². The van der Waals surface area contributed by atoms with Crippen LogP contribution in [0.1, 0.15) is 43.2 Å². The maximum Gasteiger partial charge on any atom is 0.252 e. The molecule has 1 aromatic heterocycles. The second-order valence-corrected chi connectivity index (χ2v) is 6.52. The van der Waals surface area contributed by atoms with E-state index in [1.807, 2.05) is 41.9 Å².